The van der Waals surface area contributed by atoms with Crippen LogP contribution in [0.4, 0.5) is 11.5 Å². The van der Waals surface area contributed by atoms with Crippen molar-refractivity contribution in [2.75, 3.05) is 11.4 Å². The Bertz CT molecular complexity index is 587. The Morgan fingerprint density at radius 1 is 1.25 bits per heavy atom. The van der Waals surface area contributed by atoms with E-state index in [0.717, 1.165) is 42.9 Å². The molecule has 1 aromatic carbocycles. The zero-order chi connectivity index (χ0) is 13.9. The second-order valence-corrected chi connectivity index (χ2v) is 5.22. The molecule has 1 aliphatic heterocycles. The van der Waals surface area contributed by atoms with E-state index in [1.807, 2.05) is 12.1 Å². The molecule has 0 atom stereocenters. The second-order valence-electron chi connectivity index (χ2n) is 5.22. The van der Waals surface area contributed by atoms with Crippen LogP contribution in [0.5, 0.6) is 0 Å². The van der Waals surface area contributed by atoms with E-state index in [-0.39, 0.29) is 6.61 Å². The summed E-state index contributed by atoms with van der Waals surface area (Å²) >= 11 is 0. The first-order valence-electron chi connectivity index (χ1n) is 7.28. The number of aryl methyl sites for hydroxylation is 2. The van der Waals surface area contributed by atoms with Crippen molar-refractivity contribution >= 4 is 11.5 Å². The lowest BCUT2D eigenvalue weighted by molar-refractivity contribution is 0.281. The van der Waals surface area contributed by atoms with Crippen LogP contribution in [0.2, 0.25) is 0 Å². The van der Waals surface area contributed by atoms with Gasteiger partial charge in [-0.05, 0) is 48.6 Å². The lowest BCUT2D eigenvalue weighted by Crippen LogP contribution is -2.25. The van der Waals surface area contributed by atoms with Crippen molar-refractivity contribution in [2.24, 2.45) is 0 Å². The van der Waals surface area contributed by atoms with Gasteiger partial charge in [0.1, 0.15) is 5.82 Å². The molecule has 0 spiro atoms. The normalized spacial score (nSPS) is 14.2. The number of aromatic nitrogens is 1. The maximum absolute atomic E-state index is 9.43. The van der Waals surface area contributed by atoms with Crippen molar-refractivity contribution in [1.29, 1.82) is 0 Å². The van der Waals surface area contributed by atoms with Crippen LogP contribution in [0.3, 0.4) is 0 Å². The van der Waals surface area contributed by atoms with E-state index in [2.05, 4.69) is 36.1 Å². The molecule has 1 N–H and O–H groups in total. The van der Waals surface area contributed by atoms with Crippen molar-refractivity contribution in [3.63, 3.8) is 0 Å². The van der Waals surface area contributed by atoms with Crippen LogP contribution in [0.25, 0.3) is 0 Å². The first-order chi connectivity index (χ1) is 9.81. The number of fused-ring (bicyclic) bond motifs is 1. The third-order valence-electron chi connectivity index (χ3n) is 3.86. The van der Waals surface area contributed by atoms with Gasteiger partial charge in [-0.1, -0.05) is 25.1 Å². The predicted octanol–water partition coefficient (Wildman–Crippen LogP) is 3.22. The van der Waals surface area contributed by atoms with Crippen LogP contribution in [0.1, 0.15) is 30.2 Å². The zero-order valence-electron chi connectivity index (χ0n) is 11.8. The highest BCUT2D eigenvalue weighted by molar-refractivity contribution is 5.65. The molecule has 104 valence electrons. The topological polar surface area (TPSA) is 36.4 Å². The quantitative estimate of drug-likeness (QED) is 0.928. The van der Waals surface area contributed by atoms with Crippen molar-refractivity contribution in [1.82, 2.24) is 4.98 Å². The zero-order valence-corrected chi connectivity index (χ0v) is 11.8. The monoisotopic (exact) mass is 268 g/mol. The first kappa shape index (κ1) is 13.1. The minimum atomic E-state index is 0.0675. The number of pyridine rings is 1. The lowest BCUT2D eigenvalue weighted by Gasteiger charge is -2.31. The van der Waals surface area contributed by atoms with Crippen LogP contribution >= 0.6 is 0 Å². The van der Waals surface area contributed by atoms with Gasteiger partial charge in [0.2, 0.25) is 0 Å². The van der Waals surface area contributed by atoms with Crippen molar-refractivity contribution < 1.29 is 5.11 Å². The van der Waals surface area contributed by atoms with E-state index >= 15 is 0 Å². The van der Waals surface area contributed by atoms with E-state index in [4.69, 9.17) is 4.98 Å². The average molecular weight is 268 g/mol. The van der Waals surface area contributed by atoms with Crippen molar-refractivity contribution in [3.05, 3.63) is 53.2 Å². The average Bonchev–Trinajstić information content (AvgIpc) is 2.53. The van der Waals surface area contributed by atoms with Gasteiger partial charge in [0.05, 0.1) is 6.61 Å². The molecule has 0 fully saturated rings. The number of para-hydroxylation sites is 1. The number of anilines is 2. The van der Waals surface area contributed by atoms with Crippen LogP contribution in [0.15, 0.2) is 36.4 Å². The van der Waals surface area contributed by atoms with E-state index in [0.29, 0.717) is 0 Å². The van der Waals surface area contributed by atoms with Gasteiger partial charge in [0.25, 0.3) is 0 Å². The summed E-state index contributed by atoms with van der Waals surface area (Å²) in [6.07, 6.45) is 3.16. The van der Waals surface area contributed by atoms with Gasteiger partial charge in [-0.25, -0.2) is 4.98 Å². The largest absolute Gasteiger partial charge is 0.392 e. The third kappa shape index (κ3) is 2.41. The molecule has 1 aliphatic rings. The van der Waals surface area contributed by atoms with E-state index < -0.39 is 0 Å². The molecule has 0 unspecified atom stereocenters. The molecule has 20 heavy (non-hydrogen) atoms. The highest BCUT2D eigenvalue weighted by atomic mass is 16.3. The fourth-order valence-corrected chi connectivity index (χ4v) is 2.82. The molecule has 0 radical (unpaired) electrons. The number of aliphatic hydroxyl groups is 1. The molecule has 0 saturated carbocycles. The fourth-order valence-electron chi connectivity index (χ4n) is 2.82. The van der Waals surface area contributed by atoms with Crippen LogP contribution < -0.4 is 4.90 Å². The number of rotatable bonds is 3. The first-order valence-corrected chi connectivity index (χ1v) is 7.28. The summed E-state index contributed by atoms with van der Waals surface area (Å²) in [5.41, 5.74) is 4.61. The van der Waals surface area contributed by atoms with Crippen molar-refractivity contribution in [2.45, 2.75) is 32.8 Å². The highest BCUT2D eigenvalue weighted by Gasteiger charge is 2.19. The van der Waals surface area contributed by atoms with Crippen LogP contribution in [-0.2, 0) is 19.4 Å². The molecule has 2 heterocycles. The predicted molar refractivity (Wildman–Crippen MR) is 81.3 cm³/mol. The summed E-state index contributed by atoms with van der Waals surface area (Å²) in [4.78, 5) is 7.01. The summed E-state index contributed by atoms with van der Waals surface area (Å²) in [6.45, 7) is 3.15. The number of hydrogen-bond acceptors (Lipinski definition) is 3. The lowest BCUT2D eigenvalue weighted by atomic mass is 10.0. The molecule has 3 heteroatoms. The third-order valence-corrected chi connectivity index (χ3v) is 3.86. The fraction of sp³-hybridized carbons (Fsp3) is 0.353. The number of hydrogen-bond donors (Lipinski definition) is 1. The summed E-state index contributed by atoms with van der Waals surface area (Å²) in [6, 6.07) is 12.5. The van der Waals surface area contributed by atoms with Gasteiger partial charge in [-0.15, -0.1) is 0 Å². The van der Waals surface area contributed by atoms with Gasteiger partial charge < -0.3 is 10.0 Å². The summed E-state index contributed by atoms with van der Waals surface area (Å²) in [7, 11) is 0. The van der Waals surface area contributed by atoms with Gasteiger partial charge in [-0.3, -0.25) is 0 Å². The standard InChI is InChI=1S/C17H20N2O/c1-2-15-10-13(12-20)11-17(18-15)19-9-5-7-14-6-3-4-8-16(14)19/h3-4,6,8,10-11,20H,2,5,7,9,12H2,1H3. The minimum Gasteiger partial charge on any atom is -0.392 e. The minimum absolute atomic E-state index is 0.0675. The van der Waals surface area contributed by atoms with Crippen LogP contribution in [0, 0.1) is 0 Å². The van der Waals surface area contributed by atoms with Gasteiger partial charge in [-0.2, -0.15) is 0 Å². The Hall–Kier alpha value is -1.87. The Labute approximate surface area is 119 Å². The molecule has 0 bridgehead atoms. The molecule has 1 aromatic heterocycles. The summed E-state index contributed by atoms with van der Waals surface area (Å²) in [5.74, 6) is 0.959. The number of nitrogens with zero attached hydrogens (tertiary/aromatic N) is 2. The van der Waals surface area contributed by atoms with Crippen LogP contribution in [-0.4, -0.2) is 16.6 Å². The molecule has 0 aliphatic carbocycles. The Morgan fingerprint density at radius 3 is 2.90 bits per heavy atom. The van der Waals surface area contributed by atoms with Crippen molar-refractivity contribution in [3.8, 4) is 0 Å². The Morgan fingerprint density at radius 2 is 2.10 bits per heavy atom. The van der Waals surface area contributed by atoms with E-state index in [1.165, 1.54) is 11.3 Å². The Kier molecular flexibility index (Phi) is 3.70. The van der Waals surface area contributed by atoms with E-state index in [1.54, 1.807) is 0 Å². The summed E-state index contributed by atoms with van der Waals surface area (Å²) in [5, 5.41) is 9.43. The molecule has 0 saturated heterocycles. The molecule has 3 nitrogen and oxygen atoms in total. The molecular weight excluding hydrogens is 248 g/mol. The second kappa shape index (κ2) is 5.63. The van der Waals surface area contributed by atoms with Gasteiger partial charge in [0, 0.05) is 17.9 Å². The Balaban J connectivity index is 2.05. The molecule has 0 amide bonds. The molecule has 2 aromatic rings. The maximum atomic E-state index is 9.43. The highest BCUT2D eigenvalue weighted by Crippen LogP contribution is 2.32. The number of benzene rings is 1. The van der Waals surface area contributed by atoms with Gasteiger partial charge >= 0.3 is 0 Å². The van der Waals surface area contributed by atoms with Gasteiger partial charge in [0.15, 0.2) is 0 Å². The SMILES string of the molecule is CCc1cc(CO)cc(N2CCCc3ccccc32)n1. The molecular formula is C17H20N2O. The van der Waals surface area contributed by atoms with E-state index in [9.17, 15) is 5.11 Å². The molecule has 3 rings (SSSR count). The maximum Gasteiger partial charge on any atom is 0.133 e. The smallest absolute Gasteiger partial charge is 0.133 e. The summed E-state index contributed by atoms with van der Waals surface area (Å²) < 4.78 is 0. The number of aliphatic hydroxyl groups excluding tert-OH is 1.